The summed E-state index contributed by atoms with van der Waals surface area (Å²) in [5.41, 5.74) is 2.40. The molecule has 2 aromatic rings. The van der Waals surface area contributed by atoms with Crippen LogP contribution < -0.4 is 0 Å². The molecule has 1 aliphatic rings. The van der Waals surface area contributed by atoms with Crippen molar-refractivity contribution < 1.29 is 0 Å². The van der Waals surface area contributed by atoms with Crippen LogP contribution in [-0.4, -0.2) is 21.4 Å². The fourth-order valence-electron chi connectivity index (χ4n) is 2.78. The SMILES string of the molecule is Cc1nc(CN2CCCCC2c2ccccn2)cs1. The van der Waals surface area contributed by atoms with Crippen molar-refractivity contribution in [2.24, 2.45) is 0 Å². The third kappa shape index (κ3) is 3.01. The Morgan fingerprint density at radius 3 is 3.05 bits per heavy atom. The van der Waals surface area contributed by atoms with Gasteiger partial charge in [-0.1, -0.05) is 12.5 Å². The van der Waals surface area contributed by atoms with Gasteiger partial charge < -0.3 is 0 Å². The maximum atomic E-state index is 4.59. The molecule has 19 heavy (non-hydrogen) atoms. The van der Waals surface area contributed by atoms with Crippen LogP contribution in [0.2, 0.25) is 0 Å². The quantitative estimate of drug-likeness (QED) is 0.856. The Morgan fingerprint density at radius 2 is 2.32 bits per heavy atom. The van der Waals surface area contributed by atoms with Crippen LogP contribution in [0.3, 0.4) is 0 Å². The highest BCUT2D eigenvalue weighted by Crippen LogP contribution is 2.30. The monoisotopic (exact) mass is 273 g/mol. The van der Waals surface area contributed by atoms with Gasteiger partial charge in [0.2, 0.25) is 0 Å². The zero-order valence-corrected chi connectivity index (χ0v) is 12.1. The lowest BCUT2D eigenvalue weighted by molar-refractivity contribution is 0.136. The van der Waals surface area contributed by atoms with Crippen molar-refractivity contribution in [3.63, 3.8) is 0 Å². The zero-order valence-electron chi connectivity index (χ0n) is 11.2. The summed E-state index contributed by atoms with van der Waals surface area (Å²) < 4.78 is 0. The normalized spacial score (nSPS) is 20.6. The van der Waals surface area contributed by atoms with Crippen LogP contribution in [0.5, 0.6) is 0 Å². The van der Waals surface area contributed by atoms with Gasteiger partial charge in [-0.2, -0.15) is 0 Å². The van der Waals surface area contributed by atoms with Crippen LogP contribution in [0.25, 0.3) is 0 Å². The second kappa shape index (κ2) is 5.80. The number of hydrogen-bond acceptors (Lipinski definition) is 4. The van der Waals surface area contributed by atoms with Crippen LogP contribution in [-0.2, 0) is 6.54 Å². The fraction of sp³-hybridized carbons (Fsp3) is 0.467. The molecular formula is C15H19N3S. The Morgan fingerprint density at radius 1 is 1.37 bits per heavy atom. The standard InChI is InChI=1S/C15H19N3S/c1-12-17-13(11-19-12)10-18-9-5-3-7-15(18)14-6-2-4-8-16-14/h2,4,6,8,11,15H,3,5,7,9-10H2,1H3. The minimum absolute atomic E-state index is 0.456. The van der Waals surface area contributed by atoms with Crippen molar-refractivity contribution in [3.8, 4) is 0 Å². The van der Waals surface area contributed by atoms with E-state index in [0.29, 0.717) is 6.04 Å². The average molecular weight is 273 g/mol. The first-order chi connectivity index (χ1) is 9.33. The topological polar surface area (TPSA) is 29.0 Å². The Bertz CT molecular complexity index is 523. The molecule has 1 fully saturated rings. The van der Waals surface area contributed by atoms with Crippen LogP contribution in [0, 0.1) is 6.92 Å². The number of rotatable bonds is 3. The summed E-state index contributed by atoms with van der Waals surface area (Å²) in [6.07, 6.45) is 5.69. The van der Waals surface area contributed by atoms with Crippen molar-refractivity contribution in [1.29, 1.82) is 0 Å². The lowest BCUT2D eigenvalue weighted by Gasteiger charge is -2.34. The average Bonchev–Trinajstić information content (AvgIpc) is 2.86. The molecule has 0 N–H and O–H groups in total. The second-order valence-electron chi connectivity index (χ2n) is 5.09. The van der Waals surface area contributed by atoms with E-state index < -0.39 is 0 Å². The molecule has 1 unspecified atom stereocenters. The van der Waals surface area contributed by atoms with Gasteiger partial charge in [0, 0.05) is 18.1 Å². The maximum Gasteiger partial charge on any atom is 0.0897 e. The fourth-order valence-corrected chi connectivity index (χ4v) is 3.38. The summed E-state index contributed by atoms with van der Waals surface area (Å²) in [6.45, 7) is 4.17. The molecule has 0 amide bonds. The van der Waals surface area contributed by atoms with E-state index in [9.17, 15) is 0 Å². The van der Waals surface area contributed by atoms with Crippen molar-refractivity contribution in [2.45, 2.75) is 38.8 Å². The minimum atomic E-state index is 0.456. The number of pyridine rings is 1. The molecule has 2 aromatic heterocycles. The largest absolute Gasteiger partial charge is 0.289 e. The predicted octanol–water partition coefficient (Wildman–Crippen LogP) is 3.57. The number of nitrogens with zero attached hydrogens (tertiary/aromatic N) is 3. The number of hydrogen-bond donors (Lipinski definition) is 0. The third-order valence-electron chi connectivity index (χ3n) is 3.67. The number of piperidine rings is 1. The molecule has 0 bridgehead atoms. The second-order valence-corrected chi connectivity index (χ2v) is 6.16. The van der Waals surface area contributed by atoms with Crippen LogP contribution in [0.1, 0.15) is 41.7 Å². The number of aromatic nitrogens is 2. The first-order valence-electron chi connectivity index (χ1n) is 6.89. The molecule has 100 valence electrons. The molecule has 3 nitrogen and oxygen atoms in total. The summed E-state index contributed by atoms with van der Waals surface area (Å²) in [5.74, 6) is 0. The Balaban J connectivity index is 1.77. The van der Waals surface area contributed by atoms with Crippen molar-refractivity contribution in [2.75, 3.05) is 6.54 Å². The Labute approximate surface area is 118 Å². The van der Waals surface area contributed by atoms with E-state index in [-0.39, 0.29) is 0 Å². The van der Waals surface area contributed by atoms with E-state index >= 15 is 0 Å². The molecule has 4 heteroatoms. The van der Waals surface area contributed by atoms with Gasteiger partial charge >= 0.3 is 0 Å². The smallest absolute Gasteiger partial charge is 0.0897 e. The van der Waals surface area contributed by atoms with E-state index in [1.165, 1.54) is 30.7 Å². The van der Waals surface area contributed by atoms with Crippen molar-refractivity contribution in [1.82, 2.24) is 14.9 Å². The highest BCUT2D eigenvalue weighted by atomic mass is 32.1. The minimum Gasteiger partial charge on any atom is -0.289 e. The molecule has 1 saturated heterocycles. The van der Waals surface area contributed by atoms with Crippen LogP contribution in [0.15, 0.2) is 29.8 Å². The molecular weight excluding hydrogens is 254 g/mol. The van der Waals surface area contributed by atoms with E-state index in [2.05, 4.69) is 39.3 Å². The lowest BCUT2D eigenvalue weighted by atomic mass is 9.98. The molecule has 0 aromatic carbocycles. The van der Waals surface area contributed by atoms with Gasteiger partial charge in [-0.3, -0.25) is 9.88 Å². The van der Waals surface area contributed by atoms with Crippen LogP contribution >= 0.6 is 11.3 Å². The van der Waals surface area contributed by atoms with E-state index in [1.807, 2.05) is 12.3 Å². The summed E-state index contributed by atoms with van der Waals surface area (Å²) in [5, 5.41) is 3.33. The van der Waals surface area contributed by atoms with E-state index in [1.54, 1.807) is 11.3 Å². The van der Waals surface area contributed by atoms with Gasteiger partial charge in [0.25, 0.3) is 0 Å². The van der Waals surface area contributed by atoms with Crippen molar-refractivity contribution in [3.05, 3.63) is 46.2 Å². The van der Waals surface area contributed by atoms with E-state index in [0.717, 1.165) is 18.1 Å². The number of thiazole rings is 1. The van der Waals surface area contributed by atoms with Gasteiger partial charge in [-0.25, -0.2) is 4.98 Å². The Hall–Kier alpha value is -1.26. The molecule has 0 aliphatic carbocycles. The maximum absolute atomic E-state index is 4.59. The summed E-state index contributed by atoms with van der Waals surface area (Å²) >= 11 is 1.74. The summed E-state index contributed by atoms with van der Waals surface area (Å²) in [7, 11) is 0. The van der Waals surface area contributed by atoms with Gasteiger partial charge in [0.1, 0.15) is 0 Å². The lowest BCUT2D eigenvalue weighted by Crippen LogP contribution is -2.33. The molecule has 0 spiro atoms. The van der Waals surface area contributed by atoms with Gasteiger partial charge in [-0.15, -0.1) is 11.3 Å². The highest BCUT2D eigenvalue weighted by Gasteiger charge is 2.25. The highest BCUT2D eigenvalue weighted by molar-refractivity contribution is 7.09. The van der Waals surface area contributed by atoms with Gasteiger partial charge in [0.05, 0.1) is 22.4 Å². The zero-order chi connectivity index (χ0) is 13.1. The van der Waals surface area contributed by atoms with Gasteiger partial charge in [0.15, 0.2) is 0 Å². The molecule has 3 rings (SSSR count). The summed E-state index contributed by atoms with van der Waals surface area (Å²) in [4.78, 5) is 11.7. The van der Waals surface area contributed by atoms with Gasteiger partial charge in [-0.05, 0) is 38.4 Å². The molecule has 1 aliphatic heterocycles. The number of likely N-dealkylation sites (tertiary alicyclic amines) is 1. The summed E-state index contributed by atoms with van der Waals surface area (Å²) in [6, 6.07) is 6.68. The van der Waals surface area contributed by atoms with E-state index in [4.69, 9.17) is 0 Å². The first kappa shape index (κ1) is 12.8. The molecule has 3 heterocycles. The first-order valence-corrected chi connectivity index (χ1v) is 7.77. The molecule has 1 atom stereocenters. The number of aryl methyl sites for hydroxylation is 1. The third-order valence-corrected chi connectivity index (χ3v) is 4.50. The predicted molar refractivity (Wildman–Crippen MR) is 78.1 cm³/mol. The van der Waals surface area contributed by atoms with Crippen LogP contribution in [0.4, 0.5) is 0 Å². The molecule has 0 saturated carbocycles. The molecule has 0 radical (unpaired) electrons. The Kier molecular flexibility index (Phi) is 3.89. The van der Waals surface area contributed by atoms with Crippen molar-refractivity contribution >= 4 is 11.3 Å².